The van der Waals surface area contributed by atoms with Crippen LogP contribution in [0.25, 0.3) is 11.1 Å². The van der Waals surface area contributed by atoms with E-state index >= 15 is 0 Å². The average Bonchev–Trinajstić information content (AvgIpc) is 2.49. The van der Waals surface area contributed by atoms with Crippen molar-refractivity contribution in [1.82, 2.24) is 10.1 Å². The van der Waals surface area contributed by atoms with Gasteiger partial charge in [-0.1, -0.05) is 23.7 Å². The molecule has 0 atom stereocenters. The number of rotatable bonds is 1. The molecule has 4 heteroatoms. The van der Waals surface area contributed by atoms with Crippen molar-refractivity contribution in [2.24, 2.45) is 0 Å². The van der Waals surface area contributed by atoms with E-state index < -0.39 is 0 Å². The third kappa shape index (κ3) is 1.20. The van der Waals surface area contributed by atoms with Crippen molar-refractivity contribution in [2.45, 2.75) is 27.2 Å². The molecule has 0 bridgehead atoms. The predicted octanol–water partition coefficient (Wildman–Crippen LogP) is 3.06. The first-order chi connectivity index (χ1) is 6.65. The maximum Gasteiger partial charge on any atom is 0.204 e. The number of hydrogen-bond acceptors (Lipinski definition) is 3. The molecule has 0 fully saturated rings. The summed E-state index contributed by atoms with van der Waals surface area (Å²) < 4.78 is 5.13. The molecule has 0 spiro atoms. The van der Waals surface area contributed by atoms with Gasteiger partial charge in [0.25, 0.3) is 0 Å². The van der Waals surface area contributed by atoms with Crippen molar-refractivity contribution in [3.63, 3.8) is 0 Å². The van der Waals surface area contributed by atoms with Crippen LogP contribution in [0.4, 0.5) is 0 Å². The molecule has 0 saturated heterocycles. The SMILES string of the molecule is CCc1c(C)nc2c(C)noc2c1Cl. The molecule has 2 aromatic rings. The standard InChI is InChI=1S/C10H11ClN2O/c1-4-7-5(2)12-9-6(3)13-14-10(9)8(7)11/h4H2,1-3H3. The van der Waals surface area contributed by atoms with E-state index in [2.05, 4.69) is 10.1 Å². The topological polar surface area (TPSA) is 38.9 Å². The van der Waals surface area contributed by atoms with Crippen LogP contribution in [0, 0.1) is 13.8 Å². The first-order valence-electron chi connectivity index (χ1n) is 4.56. The molecule has 0 N–H and O–H groups in total. The lowest BCUT2D eigenvalue weighted by Crippen LogP contribution is -1.93. The third-order valence-electron chi connectivity index (χ3n) is 2.37. The summed E-state index contributed by atoms with van der Waals surface area (Å²) in [5.41, 5.74) is 4.15. The lowest BCUT2D eigenvalue weighted by Gasteiger charge is -2.04. The minimum atomic E-state index is 0.603. The number of pyridine rings is 1. The second-order valence-electron chi connectivity index (χ2n) is 3.29. The molecule has 0 radical (unpaired) electrons. The Bertz CT molecular complexity index is 490. The summed E-state index contributed by atoms with van der Waals surface area (Å²) in [4.78, 5) is 4.43. The Hall–Kier alpha value is -1.09. The molecule has 0 aliphatic heterocycles. The van der Waals surface area contributed by atoms with Crippen LogP contribution in [0.1, 0.15) is 23.9 Å². The van der Waals surface area contributed by atoms with Crippen molar-refractivity contribution in [3.8, 4) is 0 Å². The molecule has 74 valence electrons. The minimum absolute atomic E-state index is 0.603. The molecule has 14 heavy (non-hydrogen) atoms. The molecule has 2 rings (SSSR count). The fourth-order valence-electron chi connectivity index (χ4n) is 1.58. The van der Waals surface area contributed by atoms with Crippen molar-refractivity contribution in [2.75, 3.05) is 0 Å². The Kier molecular flexibility index (Phi) is 2.19. The summed E-state index contributed by atoms with van der Waals surface area (Å²) in [6.07, 6.45) is 0.855. The molecular weight excluding hydrogens is 200 g/mol. The number of halogens is 1. The zero-order chi connectivity index (χ0) is 10.3. The molecule has 0 amide bonds. The monoisotopic (exact) mass is 210 g/mol. The van der Waals surface area contributed by atoms with Crippen LogP contribution < -0.4 is 0 Å². The van der Waals surface area contributed by atoms with Gasteiger partial charge in [-0.15, -0.1) is 0 Å². The Morgan fingerprint density at radius 2 is 2.00 bits per heavy atom. The van der Waals surface area contributed by atoms with E-state index in [-0.39, 0.29) is 0 Å². The fraction of sp³-hybridized carbons (Fsp3) is 0.400. The van der Waals surface area contributed by atoms with E-state index in [0.29, 0.717) is 10.6 Å². The largest absolute Gasteiger partial charge is 0.353 e. The smallest absolute Gasteiger partial charge is 0.204 e. The highest BCUT2D eigenvalue weighted by molar-refractivity contribution is 6.35. The third-order valence-corrected chi connectivity index (χ3v) is 2.77. The van der Waals surface area contributed by atoms with Gasteiger partial charge in [-0.3, -0.25) is 0 Å². The van der Waals surface area contributed by atoms with Gasteiger partial charge in [0.15, 0.2) is 0 Å². The van der Waals surface area contributed by atoms with E-state index in [0.717, 1.165) is 28.9 Å². The van der Waals surface area contributed by atoms with Gasteiger partial charge in [-0.2, -0.15) is 0 Å². The zero-order valence-electron chi connectivity index (χ0n) is 8.39. The molecule has 0 aromatic carbocycles. The van der Waals surface area contributed by atoms with Crippen LogP contribution in [-0.4, -0.2) is 10.1 Å². The van der Waals surface area contributed by atoms with E-state index in [1.165, 1.54) is 0 Å². The van der Waals surface area contributed by atoms with Gasteiger partial charge in [0.2, 0.25) is 5.58 Å². The predicted molar refractivity (Wildman–Crippen MR) is 55.7 cm³/mol. The van der Waals surface area contributed by atoms with Gasteiger partial charge < -0.3 is 4.52 Å². The molecule has 2 heterocycles. The number of aromatic nitrogens is 2. The van der Waals surface area contributed by atoms with Gasteiger partial charge >= 0.3 is 0 Å². The van der Waals surface area contributed by atoms with Gasteiger partial charge in [-0.05, 0) is 25.8 Å². The fourth-order valence-corrected chi connectivity index (χ4v) is 1.98. The lowest BCUT2D eigenvalue weighted by atomic mass is 10.1. The zero-order valence-corrected chi connectivity index (χ0v) is 9.14. The number of nitrogens with zero attached hydrogens (tertiary/aromatic N) is 2. The molecule has 0 aliphatic carbocycles. The molecule has 0 aliphatic rings. The highest BCUT2D eigenvalue weighted by Gasteiger charge is 2.15. The van der Waals surface area contributed by atoms with Gasteiger partial charge in [0.1, 0.15) is 11.2 Å². The first-order valence-corrected chi connectivity index (χ1v) is 4.94. The lowest BCUT2D eigenvalue weighted by molar-refractivity contribution is 0.450. The quantitative estimate of drug-likeness (QED) is 0.726. The summed E-state index contributed by atoms with van der Waals surface area (Å²) in [5, 5.41) is 4.50. The van der Waals surface area contributed by atoms with Crippen LogP contribution in [-0.2, 0) is 6.42 Å². The van der Waals surface area contributed by atoms with Crippen LogP contribution in [0.5, 0.6) is 0 Å². The van der Waals surface area contributed by atoms with Crippen molar-refractivity contribution < 1.29 is 4.52 Å². The van der Waals surface area contributed by atoms with Crippen LogP contribution in [0.15, 0.2) is 4.52 Å². The molecule has 2 aromatic heterocycles. The van der Waals surface area contributed by atoms with E-state index in [1.807, 2.05) is 20.8 Å². The van der Waals surface area contributed by atoms with Crippen molar-refractivity contribution >= 4 is 22.7 Å². The van der Waals surface area contributed by atoms with Crippen molar-refractivity contribution in [1.29, 1.82) is 0 Å². The van der Waals surface area contributed by atoms with Crippen LogP contribution in [0.3, 0.4) is 0 Å². The summed E-state index contributed by atoms with van der Waals surface area (Å²) in [6, 6.07) is 0. The molecular formula is C10H11ClN2O. The minimum Gasteiger partial charge on any atom is -0.353 e. The number of aryl methyl sites for hydroxylation is 2. The number of fused-ring (bicyclic) bond motifs is 1. The van der Waals surface area contributed by atoms with E-state index in [1.54, 1.807) is 0 Å². The molecule has 0 saturated carbocycles. The average molecular weight is 211 g/mol. The van der Waals surface area contributed by atoms with E-state index in [4.69, 9.17) is 16.1 Å². The second kappa shape index (κ2) is 3.24. The molecule has 3 nitrogen and oxygen atoms in total. The Morgan fingerprint density at radius 1 is 1.29 bits per heavy atom. The maximum atomic E-state index is 6.19. The Balaban J connectivity index is 2.87. The normalized spacial score (nSPS) is 11.1. The van der Waals surface area contributed by atoms with Gasteiger partial charge in [0.05, 0.1) is 5.02 Å². The van der Waals surface area contributed by atoms with Crippen LogP contribution in [0.2, 0.25) is 5.02 Å². The highest BCUT2D eigenvalue weighted by Crippen LogP contribution is 2.29. The first kappa shape index (κ1) is 9.46. The van der Waals surface area contributed by atoms with Gasteiger partial charge in [-0.25, -0.2) is 4.98 Å². The summed E-state index contributed by atoms with van der Waals surface area (Å²) in [5.74, 6) is 0. The highest BCUT2D eigenvalue weighted by atomic mass is 35.5. The van der Waals surface area contributed by atoms with Gasteiger partial charge in [0, 0.05) is 5.69 Å². The Labute approximate surface area is 87.1 Å². The second-order valence-corrected chi connectivity index (χ2v) is 3.67. The van der Waals surface area contributed by atoms with Crippen LogP contribution >= 0.6 is 11.6 Å². The van der Waals surface area contributed by atoms with E-state index in [9.17, 15) is 0 Å². The summed E-state index contributed by atoms with van der Waals surface area (Å²) in [7, 11) is 0. The van der Waals surface area contributed by atoms with Crippen molar-refractivity contribution in [3.05, 3.63) is 22.0 Å². The maximum absolute atomic E-state index is 6.19. The summed E-state index contributed by atoms with van der Waals surface area (Å²) >= 11 is 6.19. The Morgan fingerprint density at radius 3 is 2.64 bits per heavy atom. The number of hydrogen-bond donors (Lipinski definition) is 0. The molecule has 0 unspecified atom stereocenters. The summed E-state index contributed by atoms with van der Waals surface area (Å²) in [6.45, 7) is 5.86.